The van der Waals surface area contributed by atoms with E-state index < -0.39 is 6.04 Å². The van der Waals surface area contributed by atoms with Crippen molar-refractivity contribution in [3.8, 4) is 11.5 Å². The van der Waals surface area contributed by atoms with Crippen LogP contribution in [0.5, 0.6) is 11.5 Å². The maximum absolute atomic E-state index is 14.1. The number of ether oxygens (including phenoxy) is 2. The van der Waals surface area contributed by atoms with Crippen LogP contribution in [0.15, 0.2) is 72.3 Å². The van der Waals surface area contributed by atoms with Crippen molar-refractivity contribution in [3.05, 3.63) is 89.0 Å². The Morgan fingerprint density at radius 1 is 0.914 bits per heavy atom. The number of nitrogens with zero attached hydrogens (tertiary/aromatic N) is 2. The number of piperazine rings is 1. The zero-order valence-corrected chi connectivity index (χ0v) is 20.7. The zero-order chi connectivity index (χ0) is 25.1. The van der Waals surface area contributed by atoms with Crippen LogP contribution < -0.4 is 19.3 Å². The lowest BCUT2D eigenvalue weighted by atomic mass is 9.97. The van der Waals surface area contributed by atoms with E-state index in [4.69, 9.17) is 9.47 Å². The number of carbonyl (C=O) groups is 2. The Labute approximate surface area is 206 Å². The Kier molecular flexibility index (Phi) is 6.92. The number of benzene rings is 3. The summed E-state index contributed by atoms with van der Waals surface area (Å²) in [4.78, 5) is 30.8. The molecule has 2 amide bonds. The number of amides is 2. The van der Waals surface area contributed by atoms with E-state index in [-0.39, 0.29) is 18.4 Å². The molecule has 6 heteroatoms. The monoisotopic (exact) mass is 470 g/mol. The lowest BCUT2D eigenvalue weighted by Gasteiger charge is -2.41. The van der Waals surface area contributed by atoms with Crippen LogP contribution in [-0.4, -0.2) is 38.6 Å². The third-order valence-corrected chi connectivity index (χ3v) is 6.39. The van der Waals surface area contributed by atoms with Crippen molar-refractivity contribution in [2.24, 2.45) is 0 Å². The Bertz CT molecular complexity index is 1280. The summed E-state index contributed by atoms with van der Waals surface area (Å²) in [5, 5.41) is 0. The molecule has 0 spiro atoms. The predicted molar refractivity (Wildman–Crippen MR) is 139 cm³/mol. The Hall–Kier alpha value is -4.06. The first-order chi connectivity index (χ1) is 16.8. The number of hydrogen-bond acceptors (Lipinski definition) is 4. The molecule has 0 bridgehead atoms. The molecule has 0 unspecified atom stereocenters. The van der Waals surface area contributed by atoms with Gasteiger partial charge in [-0.05, 0) is 67.3 Å². The van der Waals surface area contributed by atoms with E-state index in [1.165, 1.54) is 12.0 Å². The predicted octanol–water partition coefficient (Wildman–Crippen LogP) is 5.17. The van der Waals surface area contributed by atoms with Gasteiger partial charge in [0.05, 0.1) is 19.9 Å². The molecule has 1 aliphatic rings. The van der Waals surface area contributed by atoms with E-state index in [0.717, 1.165) is 22.3 Å². The quantitative estimate of drug-likeness (QED) is 0.499. The summed E-state index contributed by atoms with van der Waals surface area (Å²) in [7, 11) is 3.10. The minimum atomic E-state index is -0.801. The van der Waals surface area contributed by atoms with Crippen molar-refractivity contribution in [1.82, 2.24) is 0 Å². The highest BCUT2D eigenvalue weighted by molar-refractivity contribution is 6.16. The third-order valence-electron chi connectivity index (χ3n) is 6.39. The second-order valence-corrected chi connectivity index (χ2v) is 8.70. The van der Waals surface area contributed by atoms with Crippen LogP contribution in [0.1, 0.15) is 23.6 Å². The van der Waals surface area contributed by atoms with Crippen molar-refractivity contribution in [3.63, 3.8) is 0 Å². The van der Waals surface area contributed by atoms with Gasteiger partial charge in [-0.25, -0.2) is 0 Å². The van der Waals surface area contributed by atoms with E-state index in [2.05, 4.69) is 0 Å². The fourth-order valence-electron chi connectivity index (χ4n) is 4.36. The number of rotatable bonds is 6. The second-order valence-electron chi connectivity index (χ2n) is 8.70. The molecule has 1 fully saturated rings. The number of anilines is 2. The molecule has 4 rings (SSSR count). The molecular weight excluding hydrogens is 440 g/mol. The maximum atomic E-state index is 14.1. The Balaban J connectivity index is 1.83. The number of aryl methyl sites for hydroxylation is 2. The first-order valence-electron chi connectivity index (χ1n) is 11.5. The van der Waals surface area contributed by atoms with Gasteiger partial charge in [-0.3, -0.25) is 19.4 Å². The van der Waals surface area contributed by atoms with Crippen LogP contribution in [-0.2, 0) is 9.59 Å². The van der Waals surface area contributed by atoms with Gasteiger partial charge in [0, 0.05) is 11.8 Å². The highest BCUT2D eigenvalue weighted by atomic mass is 16.5. The second kappa shape index (κ2) is 10.1. The van der Waals surface area contributed by atoms with Crippen LogP contribution in [0.3, 0.4) is 0 Å². The van der Waals surface area contributed by atoms with Crippen molar-refractivity contribution >= 4 is 29.3 Å². The SMILES string of the molecule is COc1ccc(N2CC(=O)N(c3ccc(C)c(C)c3)[C@H](/C(C)=C/c3ccccc3)C2=O)c(OC)c1. The number of methoxy groups -OCH3 is 2. The standard InChI is InChI=1S/C29H30N2O4/c1-19-11-12-23(16-20(19)2)31-27(32)18-30(25-14-13-24(34-4)17-26(25)35-5)29(33)28(31)21(3)15-22-9-7-6-8-10-22/h6-17,28H,18H2,1-5H3/b21-15+/t28-/m1/s1. The zero-order valence-electron chi connectivity index (χ0n) is 20.7. The van der Waals surface area contributed by atoms with Crippen LogP contribution in [0.2, 0.25) is 0 Å². The van der Waals surface area contributed by atoms with Gasteiger partial charge in [0.2, 0.25) is 5.91 Å². The summed E-state index contributed by atoms with van der Waals surface area (Å²) in [6, 6.07) is 20.1. The lowest BCUT2D eigenvalue weighted by molar-refractivity contribution is -0.127. The molecule has 3 aromatic carbocycles. The van der Waals surface area contributed by atoms with Gasteiger partial charge in [-0.1, -0.05) is 42.5 Å². The molecule has 6 nitrogen and oxygen atoms in total. The molecule has 3 aromatic rings. The average molecular weight is 471 g/mol. The fraction of sp³-hybridized carbons (Fsp3) is 0.241. The van der Waals surface area contributed by atoms with Gasteiger partial charge < -0.3 is 9.47 Å². The van der Waals surface area contributed by atoms with E-state index in [1.807, 2.05) is 75.4 Å². The van der Waals surface area contributed by atoms with E-state index in [0.29, 0.717) is 22.9 Å². The molecule has 1 aliphatic heterocycles. The first-order valence-corrected chi connectivity index (χ1v) is 11.5. The van der Waals surface area contributed by atoms with Gasteiger partial charge in [0.1, 0.15) is 24.1 Å². The first kappa shape index (κ1) is 24.1. The summed E-state index contributed by atoms with van der Waals surface area (Å²) in [6.07, 6.45) is 1.96. The molecule has 180 valence electrons. The molecule has 1 atom stereocenters. The maximum Gasteiger partial charge on any atom is 0.255 e. The van der Waals surface area contributed by atoms with Crippen LogP contribution >= 0.6 is 0 Å². The lowest BCUT2D eigenvalue weighted by Crippen LogP contribution is -2.61. The topological polar surface area (TPSA) is 59.1 Å². The molecule has 0 aliphatic carbocycles. The number of hydrogen-bond donors (Lipinski definition) is 0. The minimum Gasteiger partial charge on any atom is -0.497 e. The van der Waals surface area contributed by atoms with Gasteiger partial charge in [-0.15, -0.1) is 0 Å². The van der Waals surface area contributed by atoms with Crippen LogP contribution in [0, 0.1) is 13.8 Å². The summed E-state index contributed by atoms with van der Waals surface area (Å²) in [6.45, 7) is 5.83. The fourth-order valence-corrected chi connectivity index (χ4v) is 4.36. The third kappa shape index (κ3) is 4.78. The number of carbonyl (C=O) groups excluding carboxylic acids is 2. The van der Waals surface area contributed by atoms with Gasteiger partial charge in [0.25, 0.3) is 5.91 Å². The molecule has 35 heavy (non-hydrogen) atoms. The van der Waals surface area contributed by atoms with Crippen molar-refractivity contribution in [1.29, 1.82) is 0 Å². The van der Waals surface area contributed by atoms with Crippen LogP contribution in [0.4, 0.5) is 11.4 Å². The highest BCUT2D eigenvalue weighted by Crippen LogP contribution is 2.36. The molecule has 1 heterocycles. The average Bonchev–Trinajstić information content (AvgIpc) is 2.86. The largest absolute Gasteiger partial charge is 0.497 e. The van der Waals surface area contributed by atoms with Crippen molar-refractivity contribution in [2.75, 3.05) is 30.6 Å². The Morgan fingerprint density at radius 2 is 1.66 bits per heavy atom. The smallest absolute Gasteiger partial charge is 0.255 e. The van der Waals surface area contributed by atoms with Gasteiger partial charge >= 0.3 is 0 Å². The van der Waals surface area contributed by atoms with Crippen molar-refractivity contribution in [2.45, 2.75) is 26.8 Å². The summed E-state index contributed by atoms with van der Waals surface area (Å²) in [5.74, 6) is 0.705. The summed E-state index contributed by atoms with van der Waals surface area (Å²) >= 11 is 0. The van der Waals surface area contributed by atoms with E-state index >= 15 is 0 Å². The minimum absolute atomic E-state index is 0.0937. The summed E-state index contributed by atoms with van der Waals surface area (Å²) < 4.78 is 10.8. The normalized spacial score (nSPS) is 16.5. The molecule has 0 radical (unpaired) electrons. The van der Waals surface area contributed by atoms with Gasteiger partial charge in [-0.2, -0.15) is 0 Å². The molecule has 0 N–H and O–H groups in total. The van der Waals surface area contributed by atoms with E-state index in [1.54, 1.807) is 30.2 Å². The van der Waals surface area contributed by atoms with Crippen molar-refractivity contribution < 1.29 is 19.1 Å². The molecule has 1 saturated heterocycles. The Morgan fingerprint density at radius 3 is 2.31 bits per heavy atom. The molecular formula is C29H30N2O4. The van der Waals surface area contributed by atoms with Gasteiger partial charge in [0.15, 0.2) is 0 Å². The van der Waals surface area contributed by atoms with Crippen LogP contribution in [0.25, 0.3) is 6.08 Å². The summed E-state index contributed by atoms with van der Waals surface area (Å²) in [5.41, 5.74) is 5.16. The molecule has 0 aromatic heterocycles. The highest BCUT2D eigenvalue weighted by Gasteiger charge is 2.42. The molecule has 0 saturated carbocycles. The van der Waals surface area contributed by atoms with E-state index in [9.17, 15) is 9.59 Å².